The molecule has 0 aromatic carbocycles. The second kappa shape index (κ2) is 37.6. The van der Waals surface area contributed by atoms with Gasteiger partial charge >= 0.3 is 23.9 Å². The minimum Gasteiger partial charge on any atom is -0.438 e. The largest absolute Gasteiger partial charge is 0.438 e. The maximum absolute atomic E-state index is 12.0. The number of carbonyl (C=O) groups is 4. The van der Waals surface area contributed by atoms with Crippen molar-refractivity contribution >= 4 is 23.9 Å². The van der Waals surface area contributed by atoms with E-state index in [0.29, 0.717) is 17.3 Å². The molecule has 0 aliphatic heterocycles. The monoisotopic (exact) mass is 1080 g/mol. The predicted molar refractivity (Wildman–Crippen MR) is 311 cm³/mol. The average molecular weight is 1090 g/mol. The molecule has 7 aliphatic rings. The topological polar surface area (TPSA) is 142 Å². The Morgan fingerprint density at radius 1 is 0.408 bits per heavy atom. The summed E-state index contributed by atoms with van der Waals surface area (Å²) >= 11 is 0. The lowest BCUT2D eigenvalue weighted by Gasteiger charge is -2.60. The Balaban J connectivity index is 0. The summed E-state index contributed by atoms with van der Waals surface area (Å²) in [6.07, 6.45) is 29.5. The van der Waals surface area contributed by atoms with Gasteiger partial charge in [-0.25, -0.2) is 0 Å². The van der Waals surface area contributed by atoms with E-state index in [0.717, 1.165) is 82.0 Å². The third-order valence-electron chi connectivity index (χ3n) is 18.2. The molecule has 76 heavy (non-hydrogen) atoms. The SMILES string of the molecule is C.C.C.C.CCC(C)(C)C(=O)OCOC1CCCCCC1.CCC(C)(C)C(=O)OCOCC1(C)C2CC3CC(C2)CC1C3.CCC(C)(C)C(=O)OCOCC1CCCC1.CCC(C)(C)C(=O)OCOCC1CCCCC1. The highest BCUT2D eigenvalue weighted by Gasteiger charge is 2.54. The molecule has 7 fully saturated rings. The van der Waals surface area contributed by atoms with E-state index in [2.05, 4.69) is 6.92 Å². The van der Waals surface area contributed by atoms with Crippen LogP contribution in [0, 0.1) is 62.6 Å². The highest BCUT2D eigenvalue weighted by atomic mass is 16.7. The van der Waals surface area contributed by atoms with Crippen LogP contribution in [0.1, 0.15) is 274 Å². The first-order valence-corrected chi connectivity index (χ1v) is 29.1. The first-order valence-electron chi connectivity index (χ1n) is 29.1. The molecule has 0 aromatic rings. The van der Waals surface area contributed by atoms with Gasteiger partial charge in [-0.2, -0.15) is 0 Å². The van der Waals surface area contributed by atoms with Gasteiger partial charge in [-0.3, -0.25) is 19.2 Å². The maximum atomic E-state index is 12.0. The highest BCUT2D eigenvalue weighted by molar-refractivity contribution is 5.77. The molecule has 0 atom stereocenters. The van der Waals surface area contributed by atoms with Crippen molar-refractivity contribution in [1.82, 2.24) is 0 Å². The third kappa shape index (κ3) is 25.9. The second-order valence-corrected chi connectivity index (χ2v) is 25.5. The standard InChI is InChI=1S/C19H32O3.2C14H26O3.C13H24O3.4CH4/c1-5-18(2,3)17(20)22-12-21-11-19(4)15-7-13-6-14(9-15)10-16(19)8-13;1-4-14(2,3)13(15)17-11-16-10-12-8-6-5-7-9-12;1-4-14(2,3)13(15)17-11-16-12-9-7-5-6-8-10-12;1-4-13(2,3)12(14)16-10-15-9-11-7-5-6-8-11;;;;/h13-16H,5-12H2,1-4H3;2*12H,4-11H2,1-3H3;11H,4-10H2,1-3H3;4*1H4. The van der Waals surface area contributed by atoms with Gasteiger partial charge in [-0.15, -0.1) is 0 Å². The van der Waals surface area contributed by atoms with E-state index >= 15 is 0 Å². The summed E-state index contributed by atoms with van der Waals surface area (Å²) in [5.41, 5.74) is -1.28. The molecule has 0 unspecified atom stereocenters. The van der Waals surface area contributed by atoms with E-state index in [1.165, 1.54) is 116 Å². The van der Waals surface area contributed by atoms with E-state index in [4.69, 9.17) is 37.9 Å². The minimum absolute atomic E-state index is 0. The van der Waals surface area contributed by atoms with Crippen LogP contribution in [-0.2, 0) is 57.1 Å². The Labute approximate surface area is 468 Å². The average Bonchev–Trinajstić information content (AvgIpc) is 3.76. The predicted octanol–water partition coefficient (Wildman–Crippen LogP) is 17.3. The Morgan fingerprint density at radius 3 is 1.04 bits per heavy atom. The molecule has 12 heteroatoms. The van der Waals surface area contributed by atoms with Crippen molar-refractivity contribution in [1.29, 1.82) is 0 Å². The molecular weight excluding hydrogens is 961 g/mol. The van der Waals surface area contributed by atoms with Crippen LogP contribution in [0.2, 0.25) is 0 Å². The zero-order valence-corrected chi connectivity index (χ0v) is 48.4. The fourth-order valence-electron chi connectivity index (χ4n) is 11.0. The quantitative estimate of drug-likeness (QED) is 0.0316. The van der Waals surface area contributed by atoms with E-state index in [1.54, 1.807) is 0 Å². The number of rotatable bonds is 23. The molecule has 0 aromatic heterocycles. The molecule has 7 saturated carbocycles. The van der Waals surface area contributed by atoms with Gasteiger partial charge in [0.15, 0.2) is 27.2 Å². The Hall–Kier alpha value is -2.28. The third-order valence-corrected chi connectivity index (χ3v) is 18.2. The molecule has 0 saturated heterocycles. The summed E-state index contributed by atoms with van der Waals surface area (Å²) in [6, 6.07) is 0. The van der Waals surface area contributed by atoms with Crippen LogP contribution in [0.3, 0.4) is 0 Å². The lowest BCUT2D eigenvalue weighted by atomic mass is 9.46. The van der Waals surface area contributed by atoms with Crippen LogP contribution < -0.4 is 0 Å². The molecule has 7 rings (SSSR count). The summed E-state index contributed by atoms with van der Waals surface area (Å²) in [5, 5.41) is 0. The molecule has 0 spiro atoms. The number of hydrogen-bond acceptors (Lipinski definition) is 12. The molecule has 7 aliphatic carbocycles. The van der Waals surface area contributed by atoms with Gasteiger partial charge in [0.2, 0.25) is 0 Å². The van der Waals surface area contributed by atoms with E-state index in [1.807, 2.05) is 83.1 Å². The first-order chi connectivity index (χ1) is 34.0. The fourth-order valence-corrected chi connectivity index (χ4v) is 11.0. The van der Waals surface area contributed by atoms with E-state index in [9.17, 15) is 19.2 Å². The van der Waals surface area contributed by atoms with Crippen molar-refractivity contribution in [3.8, 4) is 0 Å². The van der Waals surface area contributed by atoms with Gasteiger partial charge in [0.1, 0.15) is 0 Å². The molecule has 0 amide bonds. The van der Waals surface area contributed by atoms with Gasteiger partial charge in [0.05, 0.1) is 47.6 Å². The smallest absolute Gasteiger partial charge is 0.313 e. The lowest BCUT2D eigenvalue weighted by molar-refractivity contribution is -0.181. The number of hydrogen-bond donors (Lipinski definition) is 0. The van der Waals surface area contributed by atoms with Crippen molar-refractivity contribution in [2.24, 2.45) is 62.6 Å². The van der Waals surface area contributed by atoms with E-state index in [-0.39, 0.29) is 86.9 Å². The molecule has 0 radical (unpaired) electrons. The van der Waals surface area contributed by atoms with Gasteiger partial charge in [0, 0.05) is 0 Å². The van der Waals surface area contributed by atoms with Crippen molar-refractivity contribution in [2.75, 3.05) is 47.0 Å². The summed E-state index contributed by atoms with van der Waals surface area (Å²) < 4.78 is 43.0. The normalized spacial score (nSPS) is 23.5. The van der Waals surface area contributed by atoms with Gasteiger partial charge in [0.25, 0.3) is 0 Å². The van der Waals surface area contributed by atoms with Crippen molar-refractivity contribution < 1.29 is 57.1 Å². The summed E-state index contributed by atoms with van der Waals surface area (Å²) in [7, 11) is 0. The Bertz CT molecular complexity index is 1520. The summed E-state index contributed by atoms with van der Waals surface area (Å²) in [6.45, 7) is 28.3. The van der Waals surface area contributed by atoms with Crippen LogP contribution in [0.5, 0.6) is 0 Å². The van der Waals surface area contributed by atoms with Crippen LogP contribution in [-0.4, -0.2) is 77.0 Å². The van der Waals surface area contributed by atoms with Crippen LogP contribution in [0.15, 0.2) is 0 Å². The van der Waals surface area contributed by atoms with Gasteiger partial charge < -0.3 is 37.9 Å². The zero-order chi connectivity index (χ0) is 53.4. The fraction of sp³-hybridized carbons (Fsp3) is 0.938. The molecule has 0 heterocycles. The second-order valence-electron chi connectivity index (χ2n) is 25.5. The summed E-state index contributed by atoms with van der Waals surface area (Å²) in [5.74, 6) is 4.33. The minimum atomic E-state index is -0.407. The van der Waals surface area contributed by atoms with Crippen LogP contribution in [0.25, 0.3) is 0 Å². The first kappa shape index (κ1) is 75.8. The van der Waals surface area contributed by atoms with Gasteiger partial charge in [-0.1, -0.05) is 122 Å². The molecule has 4 bridgehead atoms. The molecular formula is C64H124O12. The Morgan fingerprint density at radius 2 is 0.697 bits per heavy atom. The van der Waals surface area contributed by atoms with Crippen LogP contribution in [0.4, 0.5) is 0 Å². The van der Waals surface area contributed by atoms with E-state index < -0.39 is 21.7 Å². The number of ether oxygens (including phenoxy) is 8. The van der Waals surface area contributed by atoms with Gasteiger partial charge in [-0.05, 0) is 193 Å². The van der Waals surface area contributed by atoms with Crippen molar-refractivity contribution in [3.05, 3.63) is 0 Å². The molecule has 0 N–H and O–H groups in total. The lowest BCUT2D eigenvalue weighted by Crippen LogP contribution is -2.53. The number of carbonyl (C=O) groups excluding carboxylic acids is 4. The Kier molecular flexibility index (Phi) is 37.5. The zero-order valence-electron chi connectivity index (χ0n) is 48.4. The summed E-state index contributed by atoms with van der Waals surface area (Å²) in [4.78, 5) is 46.9. The van der Waals surface area contributed by atoms with Crippen molar-refractivity contribution in [2.45, 2.75) is 280 Å². The molecule has 12 nitrogen and oxygen atoms in total. The van der Waals surface area contributed by atoms with Crippen molar-refractivity contribution in [3.63, 3.8) is 0 Å². The molecule has 452 valence electrons. The number of esters is 4. The highest BCUT2D eigenvalue weighted by Crippen LogP contribution is 2.62. The maximum Gasteiger partial charge on any atom is 0.313 e. The van der Waals surface area contributed by atoms with Crippen LogP contribution >= 0.6 is 0 Å².